The minimum atomic E-state index is -0.213. The lowest BCUT2D eigenvalue weighted by atomic mass is 10.1. The van der Waals surface area contributed by atoms with E-state index < -0.39 is 0 Å². The topological polar surface area (TPSA) is 30.7 Å². The monoisotopic (exact) mass is 283 g/mol. The molecule has 108 valence electrons. The van der Waals surface area contributed by atoms with Gasteiger partial charge >= 0.3 is 0 Å². The Morgan fingerprint density at radius 3 is 2.62 bits per heavy atom. The quantitative estimate of drug-likeness (QED) is 0.729. The Morgan fingerprint density at radius 1 is 1.14 bits per heavy atom. The van der Waals surface area contributed by atoms with Crippen LogP contribution in [0.25, 0.3) is 11.2 Å². The van der Waals surface area contributed by atoms with Crippen molar-refractivity contribution in [3.05, 3.63) is 59.8 Å². The average molecular weight is 283 g/mol. The minimum absolute atomic E-state index is 0.213. The van der Waals surface area contributed by atoms with Crippen molar-refractivity contribution in [2.75, 3.05) is 0 Å². The van der Waals surface area contributed by atoms with E-state index in [4.69, 9.17) is 4.98 Å². The highest BCUT2D eigenvalue weighted by Gasteiger charge is 2.13. The Balaban J connectivity index is 2.03. The lowest BCUT2D eigenvalue weighted by Gasteiger charge is -2.10. The summed E-state index contributed by atoms with van der Waals surface area (Å²) in [6, 6.07) is 10.5. The van der Waals surface area contributed by atoms with Crippen molar-refractivity contribution in [1.29, 1.82) is 0 Å². The lowest BCUT2D eigenvalue weighted by molar-refractivity contribution is 0.593. The van der Waals surface area contributed by atoms with Crippen molar-refractivity contribution < 1.29 is 4.39 Å². The molecule has 0 aliphatic rings. The molecule has 3 nitrogen and oxygen atoms in total. The highest BCUT2D eigenvalue weighted by molar-refractivity contribution is 5.71. The van der Waals surface area contributed by atoms with E-state index in [2.05, 4.69) is 23.4 Å². The summed E-state index contributed by atoms with van der Waals surface area (Å²) in [5.41, 5.74) is 2.85. The van der Waals surface area contributed by atoms with Gasteiger partial charge in [-0.3, -0.25) is 0 Å². The fourth-order valence-electron chi connectivity index (χ4n) is 2.46. The van der Waals surface area contributed by atoms with Gasteiger partial charge in [-0.25, -0.2) is 14.4 Å². The normalized spacial score (nSPS) is 11.4. The van der Waals surface area contributed by atoms with Crippen LogP contribution in [-0.4, -0.2) is 14.5 Å². The summed E-state index contributed by atoms with van der Waals surface area (Å²) in [6.45, 7) is 5.01. The second kappa shape index (κ2) is 5.64. The SMILES string of the molecule is CC(C)Cc1nc2cccnc2n1Cc1ccc(F)cc1. The predicted molar refractivity (Wildman–Crippen MR) is 81.6 cm³/mol. The molecule has 2 heterocycles. The van der Waals surface area contributed by atoms with Crippen molar-refractivity contribution in [3.8, 4) is 0 Å². The number of hydrogen-bond acceptors (Lipinski definition) is 2. The number of aromatic nitrogens is 3. The Kier molecular flexibility index (Phi) is 3.69. The molecular weight excluding hydrogens is 265 g/mol. The number of nitrogens with zero attached hydrogens (tertiary/aromatic N) is 3. The third-order valence-electron chi connectivity index (χ3n) is 3.43. The van der Waals surface area contributed by atoms with Gasteiger partial charge in [-0.15, -0.1) is 0 Å². The molecule has 3 rings (SSSR count). The van der Waals surface area contributed by atoms with Crippen LogP contribution in [0.5, 0.6) is 0 Å². The fraction of sp³-hybridized carbons (Fsp3) is 0.294. The van der Waals surface area contributed by atoms with Crippen LogP contribution in [0.3, 0.4) is 0 Å². The van der Waals surface area contributed by atoms with E-state index in [-0.39, 0.29) is 5.82 Å². The molecule has 0 aliphatic heterocycles. The molecule has 0 bridgehead atoms. The van der Waals surface area contributed by atoms with Crippen molar-refractivity contribution in [1.82, 2.24) is 14.5 Å². The predicted octanol–water partition coefficient (Wildman–Crippen LogP) is 3.82. The van der Waals surface area contributed by atoms with Crippen LogP contribution in [0, 0.1) is 11.7 Å². The summed E-state index contributed by atoms with van der Waals surface area (Å²) in [5, 5.41) is 0. The van der Waals surface area contributed by atoms with Crippen LogP contribution >= 0.6 is 0 Å². The average Bonchev–Trinajstić information content (AvgIpc) is 2.78. The first kappa shape index (κ1) is 13.7. The first-order chi connectivity index (χ1) is 10.1. The Hall–Kier alpha value is -2.23. The minimum Gasteiger partial charge on any atom is -0.308 e. The summed E-state index contributed by atoms with van der Waals surface area (Å²) in [5.74, 6) is 1.34. The molecule has 0 spiro atoms. The van der Waals surface area contributed by atoms with Crippen molar-refractivity contribution in [3.63, 3.8) is 0 Å². The highest BCUT2D eigenvalue weighted by atomic mass is 19.1. The fourth-order valence-corrected chi connectivity index (χ4v) is 2.46. The largest absolute Gasteiger partial charge is 0.308 e. The van der Waals surface area contributed by atoms with Crippen LogP contribution < -0.4 is 0 Å². The van der Waals surface area contributed by atoms with Gasteiger partial charge in [0.05, 0.1) is 6.54 Å². The summed E-state index contributed by atoms with van der Waals surface area (Å²) < 4.78 is 15.2. The van der Waals surface area contributed by atoms with E-state index in [0.717, 1.165) is 29.0 Å². The van der Waals surface area contributed by atoms with Crippen LogP contribution in [0.15, 0.2) is 42.6 Å². The van der Waals surface area contributed by atoms with Gasteiger partial charge < -0.3 is 4.57 Å². The number of pyridine rings is 1. The molecule has 0 fully saturated rings. The van der Waals surface area contributed by atoms with Gasteiger partial charge in [-0.1, -0.05) is 26.0 Å². The molecule has 0 amide bonds. The molecule has 21 heavy (non-hydrogen) atoms. The molecule has 3 aromatic rings. The van der Waals surface area contributed by atoms with Gasteiger partial charge in [-0.2, -0.15) is 0 Å². The molecular formula is C17H18FN3. The lowest BCUT2D eigenvalue weighted by Crippen LogP contribution is -2.08. The maximum absolute atomic E-state index is 13.0. The number of fused-ring (bicyclic) bond motifs is 1. The van der Waals surface area contributed by atoms with Gasteiger partial charge in [0.2, 0.25) is 0 Å². The van der Waals surface area contributed by atoms with E-state index in [1.165, 1.54) is 12.1 Å². The second-order valence-corrected chi connectivity index (χ2v) is 5.68. The first-order valence-corrected chi connectivity index (χ1v) is 7.18. The van der Waals surface area contributed by atoms with Crippen molar-refractivity contribution in [2.45, 2.75) is 26.8 Å². The third kappa shape index (κ3) is 2.94. The Labute approximate surface area is 123 Å². The smallest absolute Gasteiger partial charge is 0.160 e. The van der Waals surface area contributed by atoms with Crippen LogP contribution in [0.2, 0.25) is 0 Å². The number of imidazole rings is 1. The molecule has 2 aromatic heterocycles. The summed E-state index contributed by atoms with van der Waals surface area (Å²) in [7, 11) is 0. The molecule has 0 aliphatic carbocycles. The van der Waals surface area contributed by atoms with Crippen molar-refractivity contribution >= 4 is 11.2 Å². The van der Waals surface area contributed by atoms with Crippen molar-refractivity contribution in [2.24, 2.45) is 5.92 Å². The highest BCUT2D eigenvalue weighted by Crippen LogP contribution is 2.18. The number of rotatable bonds is 4. The first-order valence-electron chi connectivity index (χ1n) is 7.18. The van der Waals surface area contributed by atoms with Crippen LogP contribution in [0.4, 0.5) is 4.39 Å². The molecule has 0 atom stereocenters. The Morgan fingerprint density at radius 2 is 1.90 bits per heavy atom. The molecule has 0 N–H and O–H groups in total. The number of benzene rings is 1. The molecule has 0 saturated heterocycles. The zero-order valence-electron chi connectivity index (χ0n) is 12.3. The zero-order chi connectivity index (χ0) is 14.8. The van der Waals surface area contributed by atoms with Gasteiger partial charge in [0.25, 0.3) is 0 Å². The standard InChI is InChI=1S/C17H18FN3/c1-12(2)10-16-20-15-4-3-9-19-17(15)21(16)11-13-5-7-14(18)8-6-13/h3-9,12H,10-11H2,1-2H3. The van der Waals surface area contributed by atoms with Gasteiger partial charge in [0.1, 0.15) is 17.2 Å². The third-order valence-corrected chi connectivity index (χ3v) is 3.43. The van der Waals surface area contributed by atoms with Crippen LogP contribution in [0.1, 0.15) is 25.2 Å². The van der Waals surface area contributed by atoms with Gasteiger partial charge in [-0.05, 0) is 35.7 Å². The van der Waals surface area contributed by atoms with E-state index in [1.807, 2.05) is 24.3 Å². The van der Waals surface area contributed by atoms with E-state index in [0.29, 0.717) is 12.5 Å². The molecule has 0 radical (unpaired) electrons. The molecule has 1 aromatic carbocycles. The summed E-state index contributed by atoms with van der Waals surface area (Å²) in [4.78, 5) is 9.14. The molecule has 0 saturated carbocycles. The van der Waals surface area contributed by atoms with E-state index in [1.54, 1.807) is 6.20 Å². The maximum Gasteiger partial charge on any atom is 0.160 e. The zero-order valence-corrected chi connectivity index (χ0v) is 12.3. The Bertz CT molecular complexity index is 744. The second-order valence-electron chi connectivity index (χ2n) is 5.68. The van der Waals surface area contributed by atoms with Gasteiger partial charge in [0.15, 0.2) is 5.65 Å². The maximum atomic E-state index is 13.0. The summed E-state index contributed by atoms with van der Waals surface area (Å²) in [6.07, 6.45) is 2.68. The summed E-state index contributed by atoms with van der Waals surface area (Å²) >= 11 is 0. The molecule has 4 heteroatoms. The molecule has 0 unspecified atom stereocenters. The van der Waals surface area contributed by atoms with Crippen LogP contribution in [-0.2, 0) is 13.0 Å². The van der Waals surface area contributed by atoms with E-state index >= 15 is 0 Å². The van der Waals surface area contributed by atoms with Gasteiger partial charge in [0, 0.05) is 12.6 Å². The van der Waals surface area contributed by atoms with E-state index in [9.17, 15) is 4.39 Å². The number of halogens is 1. The number of hydrogen-bond donors (Lipinski definition) is 0.